The molecule has 3 nitrogen and oxygen atoms in total. The van der Waals surface area contributed by atoms with Crippen LogP contribution < -0.4 is 4.74 Å². The molecule has 0 amide bonds. The van der Waals surface area contributed by atoms with Crippen molar-refractivity contribution >= 4 is 5.78 Å². The number of nitrogens with zero attached hydrogens (tertiary/aromatic N) is 1. The summed E-state index contributed by atoms with van der Waals surface area (Å²) in [6.07, 6.45) is 0.674. The van der Waals surface area contributed by atoms with Gasteiger partial charge in [0.25, 0.3) is 0 Å². The van der Waals surface area contributed by atoms with E-state index in [9.17, 15) is 9.18 Å². The highest BCUT2D eigenvalue weighted by atomic mass is 19.1. The van der Waals surface area contributed by atoms with Gasteiger partial charge in [-0.15, -0.1) is 0 Å². The number of benzene rings is 1. The molecule has 0 saturated carbocycles. The summed E-state index contributed by atoms with van der Waals surface area (Å²) in [4.78, 5) is 14.2. The quantitative estimate of drug-likeness (QED) is 0.787. The second kappa shape index (κ2) is 4.84. The monoisotopic (exact) mass is 237 g/mol. The first-order valence-electron chi connectivity index (χ1n) is 5.69. The molecule has 1 aromatic carbocycles. The Morgan fingerprint density at radius 1 is 1.47 bits per heavy atom. The molecule has 1 unspecified atom stereocenters. The van der Waals surface area contributed by atoms with Gasteiger partial charge < -0.3 is 9.64 Å². The number of rotatable bonds is 2. The molecule has 0 aliphatic carbocycles. The number of carbonyl (C=O) groups excluding carboxylic acids is 1. The van der Waals surface area contributed by atoms with Crippen molar-refractivity contribution in [3.8, 4) is 5.75 Å². The van der Waals surface area contributed by atoms with E-state index in [0.29, 0.717) is 30.9 Å². The third-order valence-electron chi connectivity index (χ3n) is 2.89. The summed E-state index contributed by atoms with van der Waals surface area (Å²) < 4.78 is 18.7. The number of hydrogen-bond acceptors (Lipinski definition) is 3. The van der Waals surface area contributed by atoms with Crippen LogP contribution in [-0.2, 0) is 0 Å². The first kappa shape index (κ1) is 12.0. The molecule has 0 radical (unpaired) electrons. The van der Waals surface area contributed by atoms with Gasteiger partial charge in [-0.25, -0.2) is 4.39 Å². The molecule has 0 N–H and O–H groups in total. The largest absolute Gasteiger partial charge is 0.493 e. The van der Waals surface area contributed by atoms with Crippen molar-refractivity contribution < 1.29 is 13.9 Å². The summed E-state index contributed by atoms with van der Waals surface area (Å²) in [7, 11) is 3.84. The Bertz CT molecular complexity index is 431. The number of hydrogen-bond donors (Lipinski definition) is 0. The molecule has 0 fully saturated rings. The van der Waals surface area contributed by atoms with Crippen molar-refractivity contribution in [2.24, 2.45) is 5.92 Å². The van der Waals surface area contributed by atoms with Gasteiger partial charge in [-0.05, 0) is 38.7 Å². The van der Waals surface area contributed by atoms with Gasteiger partial charge in [0.05, 0.1) is 12.2 Å². The van der Waals surface area contributed by atoms with E-state index >= 15 is 0 Å². The van der Waals surface area contributed by atoms with Gasteiger partial charge in [0, 0.05) is 12.5 Å². The normalized spacial score (nSPS) is 19.8. The Balaban J connectivity index is 2.31. The third kappa shape index (κ3) is 2.64. The highest BCUT2D eigenvalue weighted by Crippen LogP contribution is 2.27. The average molecular weight is 237 g/mol. The molecular weight excluding hydrogens is 221 g/mol. The Hall–Kier alpha value is -1.42. The fourth-order valence-electron chi connectivity index (χ4n) is 2.10. The number of halogens is 1. The zero-order valence-electron chi connectivity index (χ0n) is 10.1. The van der Waals surface area contributed by atoms with Crippen LogP contribution in [0.15, 0.2) is 18.2 Å². The Morgan fingerprint density at radius 3 is 2.94 bits per heavy atom. The van der Waals surface area contributed by atoms with Crippen LogP contribution in [0.5, 0.6) is 5.75 Å². The molecule has 2 rings (SSSR count). The first-order chi connectivity index (χ1) is 8.08. The maximum Gasteiger partial charge on any atom is 0.171 e. The van der Waals surface area contributed by atoms with E-state index in [1.807, 2.05) is 19.0 Å². The molecule has 92 valence electrons. The van der Waals surface area contributed by atoms with Crippen molar-refractivity contribution in [2.75, 3.05) is 27.2 Å². The number of ether oxygens (including phenoxy) is 1. The van der Waals surface area contributed by atoms with Gasteiger partial charge in [0.1, 0.15) is 11.6 Å². The molecule has 0 spiro atoms. The van der Waals surface area contributed by atoms with E-state index < -0.39 is 5.82 Å². The smallest absolute Gasteiger partial charge is 0.171 e. The lowest BCUT2D eigenvalue weighted by molar-refractivity contribution is 0.0891. The van der Waals surface area contributed by atoms with E-state index in [-0.39, 0.29) is 11.7 Å². The van der Waals surface area contributed by atoms with Crippen LogP contribution in [0.3, 0.4) is 0 Å². The SMILES string of the molecule is CN(C)CC1CCOc2ccc(F)cc2C1=O. The van der Waals surface area contributed by atoms with E-state index in [1.165, 1.54) is 18.2 Å². The van der Waals surface area contributed by atoms with Gasteiger partial charge >= 0.3 is 0 Å². The summed E-state index contributed by atoms with van der Waals surface area (Å²) in [6.45, 7) is 1.17. The minimum Gasteiger partial charge on any atom is -0.493 e. The number of ketones is 1. The maximum absolute atomic E-state index is 13.2. The van der Waals surface area contributed by atoms with Crippen molar-refractivity contribution in [3.05, 3.63) is 29.6 Å². The van der Waals surface area contributed by atoms with E-state index in [4.69, 9.17) is 4.74 Å². The number of carbonyl (C=O) groups is 1. The second-order valence-electron chi connectivity index (χ2n) is 4.60. The third-order valence-corrected chi connectivity index (χ3v) is 2.89. The van der Waals surface area contributed by atoms with Gasteiger partial charge in [0.15, 0.2) is 5.78 Å². The summed E-state index contributed by atoms with van der Waals surface area (Å²) in [5.41, 5.74) is 0.370. The Labute approximate surface area is 100 Å². The predicted octanol–water partition coefficient (Wildman–Crippen LogP) is 1.97. The van der Waals surface area contributed by atoms with Crippen LogP contribution >= 0.6 is 0 Å². The minimum atomic E-state index is -0.397. The van der Waals surface area contributed by atoms with Crippen molar-refractivity contribution in [1.82, 2.24) is 4.90 Å². The highest BCUT2D eigenvalue weighted by Gasteiger charge is 2.27. The van der Waals surface area contributed by atoms with Crippen molar-refractivity contribution in [3.63, 3.8) is 0 Å². The molecule has 4 heteroatoms. The summed E-state index contributed by atoms with van der Waals surface area (Å²) >= 11 is 0. The fraction of sp³-hybridized carbons (Fsp3) is 0.462. The van der Waals surface area contributed by atoms with Gasteiger partial charge in [-0.3, -0.25) is 4.79 Å². The molecule has 17 heavy (non-hydrogen) atoms. The molecule has 1 aliphatic heterocycles. The first-order valence-corrected chi connectivity index (χ1v) is 5.69. The van der Waals surface area contributed by atoms with Gasteiger partial charge in [-0.1, -0.05) is 0 Å². The van der Waals surface area contributed by atoms with Crippen LogP contribution in [0.4, 0.5) is 4.39 Å². The maximum atomic E-state index is 13.2. The second-order valence-corrected chi connectivity index (χ2v) is 4.60. The number of Topliss-reactive ketones (excluding diaryl/α,β-unsaturated/α-hetero) is 1. The van der Waals surface area contributed by atoms with Crippen LogP contribution in [0.2, 0.25) is 0 Å². The molecule has 1 atom stereocenters. The highest BCUT2D eigenvalue weighted by molar-refractivity contribution is 6.00. The molecule has 0 aromatic heterocycles. The van der Waals surface area contributed by atoms with Crippen LogP contribution in [0, 0.1) is 11.7 Å². The fourth-order valence-corrected chi connectivity index (χ4v) is 2.10. The molecule has 1 aliphatic rings. The Kier molecular flexibility index (Phi) is 3.43. The van der Waals surface area contributed by atoms with Crippen LogP contribution in [0.1, 0.15) is 16.8 Å². The topological polar surface area (TPSA) is 29.5 Å². The predicted molar refractivity (Wildman–Crippen MR) is 62.9 cm³/mol. The molecule has 1 aromatic rings. The van der Waals surface area contributed by atoms with Gasteiger partial charge in [-0.2, -0.15) is 0 Å². The lowest BCUT2D eigenvalue weighted by Gasteiger charge is -2.17. The number of fused-ring (bicyclic) bond motifs is 1. The summed E-state index contributed by atoms with van der Waals surface area (Å²) in [5, 5.41) is 0. The van der Waals surface area contributed by atoms with Crippen molar-refractivity contribution in [1.29, 1.82) is 0 Å². The minimum absolute atomic E-state index is 0.0225. The summed E-state index contributed by atoms with van der Waals surface area (Å²) in [5.74, 6) is -0.0393. The van der Waals surface area contributed by atoms with Crippen LogP contribution in [-0.4, -0.2) is 37.9 Å². The summed E-state index contributed by atoms with van der Waals surface area (Å²) in [6, 6.07) is 4.12. The van der Waals surface area contributed by atoms with Crippen LogP contribution in [0.25, 0.3) is 0 Å². The standard InChI is InChI=1S/C13H16FNO2/c1-15(2)8-9-5-6-17-12-4-3-10(14)7-11(12)13(9)16/h3-4,7,9H,5-6,8H2,1-2H3. The van der Waals surface area contributed by atoms with E-state index in [2.05, 4.69) is 0 Å². The van der Waals surface area contributed by atoms with Crippen molar-refractivity contribution in [2.45, 2.75) is 6.42 Å². The zero-order chi connectivity index (χ0) is 12.4. The molecular formula is C13H16FNO2. The van der Waals surface area contributed by atoms with Gasteiger partial charge in [0.2, 0.25) is 0 Å². The Morgan fingerprint density at radius 2 is 2.24 bits per heavy atom. The molecule has 0 bridgehead atoms. The lowest BCUT2D eigenvalue weighted by Crippen LogP contribution is -2.28. The molecule has 1 heterocycles. The zero-order valence-corrected chi connectivity index (χ0v) is 10.1. The lowest BCUT2D eigenvalue weighted by atomic mass is 9.95. The van der Waals surface area contributed by atoms with E-state index in [0.717, 1.165) is 0 Å². The average Bonchev–Trinajstić information content (AvgIpc) is 2.40. The van der Waals surface area contributed by atoms with E-state index in [1.54, 1.807) is 0 Å². The molecule has 0 saturated heterocycles.